The Labute approximate surface area is 122 Å². The Balaban J connectivity index is 2.13. The molecule has 1 aromatic carbocycles. The number of hydrogen-bond acceptors (Lipinski definition) is 3. The molecule has 0 aliphatic rings. The standard InChI is InChI=1S/C15H17BrN2O/c1-10-4-6-14(19-3)12(8-10)9-17-15-7-5-13(16)11(2)18-15/h4-8H,9H2,1-3H3,(H,17,18). The predicted molar refractivity (Wildman–Crippen MR) is 81.7 cm³/mol. The molecule has 0 aliphatic carbocycles. The lowest BCUT2D eigenvalue weighted by atomic mass is 10.1. The average molecular weight is 321 g/mol. The fourth-order valence-corrected chi connectivity index (χ4v) is 2.09. The van der Waals surface area contributed by atoms with E-state index in [1.54, 1.807) is 7.11 Å². The van der Waals surface area contributed by atoms with Crippen LogP contribution in [0, 0.1) is 13.8 Å². The lowest BCUT2D eigenvalue weighted by Crippen LogP contribution is -2.04. The van der Waals surface area contributed by atoms with Crippen molar-refractivity contribution in [1.82, 2.24) is 4.98 Å². The van der Waals surface area contributed by atoms with E-state index in [1.807, 2.05) is 31.2 Å². The molecule has 100 valence electrons. The number of ether oxygens (including phenoxy) is 1. The van der Waals surface area contributed by atoms with Gasteiger partial charge >= 0.3 is 0 Å². The molecule has 0 amide bonds. The third-order valence-corrected chi connectivity index (χ3v) is 3.76. The number of halogens is 1. The van der Waals surface area contributed by atoms with Crippen molar-refractivity contribution in [3.05, 3.63) is 51.6 Å². The van der Waals surface area contributed by atoms with Crippen molar-refractivity contribution in [1.29, 1.82) is 0 Å². The minimum atomic E-state index is 0.693. The molecule has 0 fully saturated rings. The van der Waals surface area contributed by atoms with Crippen LogP contribution in [0.25, 0.3) is 0 Å². The van der Waals surface area contributed by atoms with E-state index in [2.05, 4.69) is 39.2 Å². The van der Waals surface area contributed by atoms with Crippen LogP contribution in [-0.4, -0.2) is 12.1 Å². The molecule has 2 aromatic rings. The number of nitrogens with zero attached hydrogens (tertiary/aromatic N) is 1. The second-order valence-corrected chi connectivity index (χ2v) is 5.29. The summed E-state index contributed by atoms with van der Waals surface area (Å²) in [5, 5.41) is 3.32. The molecular formula is C15H17BrN2O. The minimum Gasteiger partial charge on any atom is -0.496 e. The Bertz CT molecular complexity index is 584. The van der Waals surface area contributed by atoms with Gasteiger partial charge in [-0.05, 0) is 48.0 Å². The van der Waals surface area contributed by atoms with Gasteiger partial charge in [0.25, 0.3) is 0 Å². The molecule has 19 heavy (non-hydrogen) atoms. The highest BCUT2D eigenvalue weighted by Gasteiger charge is 2.04. The molecule has 0 aliphatic heterocycles. The van der Waals surface area contributed by atoms with Crippen LogP contribution in [0.2, 0.25) is 0 Å². The van der Waals surface area contributed by atoms with Gasteiger partial charge in [0.2, 0.25) is 0 Å². The quantitative estimate of drug-likeness (QED) is 0.921. The van der Waals surface area contributed by atoms with E-state index in [-0.39, 0.29) is 0 Å². The Kier molecular flexibility index (Phi) is 4.43. The van der Waals surface area contributed by atoms with Gasteiger partial charge in [0.1, 0.15) is 11.6 Å². The maximum atomic E-state index is 5.36. The normalized spacial score (nSPS) is 10.3. The number of hydrogen-bond donors (Lipinski definition) is 1. The van der Waals surface area contributed by atoms with Crippen molar-refractivity contribution < 1.29 is 4.74 Å². The number of rotatable bonds is 4. The molecule has 0 bridgehead atoms. The summed E-state index contributed by atoms with van der Waals surface area (Å²) in [4.78, 5) is 4.47. The molecule has 0 radical (unpaired) electrons. The van der Waals surface area contributed by atoms with Crippen LogP contribution in [0.15, 0.2) is 34.8 Å². The smallest absolute Gasteiger partial charge is 0.126 e. The molecule has 1 aromatic heterocycles. The summed E-state index contributed by atoms with van der Waals surface area (Å²) in [7, 11) is 1.69. The highest BCUT2D eigenvalue weighted by molar-refractivity contribution is 9.10. The summed E-state index contributed by atoms with van der Waals surface area (Å²) in [6.07, 6.45) is 0. The van der Waals surface area contributed by atoms with Gasteiger partial charge < -0.3 is 10.1 Å². The Morgan fingerprint density at radius 3 is 2.68 bits per heavy atom. The third-order valence-electron chi connectivity index (χ3n) is 2.92. The number of anilines is 1. The fourth-order valence-electron chi connectivity index (χ4n) is 1.87. The van der Waals surface area contributed by atoms with Crippen LogP contribution >= 0.6 is 15.9 Å². The number of benzene rings is 1. The Hall–Kier alpha value is -1.55. The van der Waals surface area contributed by atoms with Crippen LogP contribution in [0.4, 0.5) is 5.82 Å². The van der Waals surface area contributed by atoms with Gasteiger partial charge in [0.15, 0.2) is 0 Å². The summed E-state index contributed by atoms with van der Waals surface area (Å²) < 4.78 is 6.38. The second-order valence-electron chi connectivity index (χ2n) is 4.43. The molecule has 1 heterocycles. The number of nitrogens with one attached hydrogen (secondary N) is 1. The molecule has 4 heteroatoms. The number of pyridine rings is 1. The van der Waals surface area contributed by atoms with Crippen molar-refractivity contribution in [2.75, 3.05) is 12.4 Å². The van der Waals surface area contributed by atoms with E-state index < -0.39 is 0 Å². The summed E-state index contributed by atoms with van der Waals surface area (Å²) >= 11 is 3.45. The Morgan fingerprint density at radius 1 is 1.21 bits per heavy atom. The lowest BCUT2D eigenvalue weighted by molar-refractivity contribution is 0.410. The molecular weight excluding hydrogens is 304 g/mol. The van der Waals surface area contributed by atoms with E-state index in [9.17, 15) is 0 Å². The van der Waals surface area contributed by atoms with Crippen LogP contribution in [0.5, 0.6) is 5.75 Å². The minimum absolute atomic E-state index is 0.693. The monoisotopic (exact) mass is 320 g/mol. The highest BCUT2D eigenvalue weighted by Crippen LogP contribution is 2.21. The van der Waals surface area contributed by atoms with E-state index in [0.29, 0.717) is 6.54 Å². The first-order chi connectivity index (χ1) is 9.10. The van der Waals surface area contributed by atoms with E-state index in [4.69, 9.17) is 4.74 Å². The van der Waals surface area contributed by atoms with E-state index in [0.717, 1.165) is 27.3 Å². The first-order valence-electron chi connectivity index (χ1n) is 6.10. The fraction of sp³-hybridized carbons (Fsp3) is 0.267. The van der Waals surface area contributed by atoms with Gasteiger partial charge in [-0.25, -0.2) is 4.98 Å². The number of aryl methyl sites for hydroxylation is 2. The van der Waals surface area contributed by atoms with E-state index >= 15 is 0 Å². The SMILES string of the molecule is COc1ccc(C)cc1CNc1ccc(Br)c(C)n1. The highest BCUT2D eigenvalue weighted by atomic mass is 79.9. The largest absolute Gasteiger partial charge is 0.496 e. The van der Waals surface area contributed by atoms with Gasteiger partial charge in [-0.3, -0.25) is 0 Å². The topological polar surface area (TPSA) is 34.1 Å². The molecule has 0 saturated carbocycles. The first kappa shape index (κ1) is 13.9. The van der Waals surface area contributed by atoms with Gasteiger partial charge in [0, 0.05) is 16.6 Å². The average Bonchev–Trinajstić information content (AvgIpc) is 2.40. The van der Waals surface area contributed by atoms with Crippen molar-refractivity contribution in [2.45, 2.75) is 20.4 Å². The van der Waals surface area contributed by atoms with Crippen LogP contribution < -0.4 is 10.1 Å². The molecule has 0 saturated heterocycles. The van der Waals surface area contributed by atoms with Crippen molar-refractivity contribution >= 4 is 21.7 Å². The van der Waals surface area contributed by atoms with Gasteiger partial charge in [-0.15, -0.1) is 0 Å². The van der Waals surface area contributed by atoms with Crippen LogP contribution in [0.3, 0.4) is 0 Å². The molecule has 3 nitrogen and oxygen atoms in total. The zero-order valence-corrected chi connectivity index (χ0v) is 12.9. The molecule has 0 spiro atoms. The summed E-state index contributed by atoms with van der Waals surface area (Å²) in [6.45, 7) is 4.74. The predicted octanol–water partition coefficient (Wildman–Crippen LogP) is 4.08. The van der Waals surface area contributed by atoms with Gasteiger partial charge in [-0.2, -0.15) is 0 Å². The van der Waals surface area contributed by atoms with Gasteiger partial charge in [-0.1, -0.05) is 17.7 Å². The van der Waals surface area contributed by atoms with Crippen molar-refractivity contribution in [3.63, 3.8) is 0 Å². The maximum Gasteiger partial charge on any atom is 0.126 e. The lowest BCUT2D eigenvalue weighted by Gasteiger charge is -2.11. The van der Waals surface area contributed by atoms with E-state index in [1.165, 1.54) is 5.56 Å². The van der Waals surface area contributed by atoms with Crippen molar-refractivity contribution in [3.8, 4) is 5.75 Å². The summed E-state index contributed by atoms with van der Waals surface area (Å²) in [6, 6.07) is 10.1. The number of aromatic nitrogens is 1. The van der Waals surface area contributed by atoms with Crippen LogP contribution in [-0.2, 0) is 6.54 Å². The maximum absolute atomic E-state index is 5.36. The zero-order valence-electron chi connectivity index (χ0n) is 11.3. The zero-order chi connectivity index (χ0) is 13.8. The van der Waals surface area contributed by atoms with Crippen molar-refractivity contribution in [2.24, 2.45) is 0 Å². The molecule has 0 unspecified atom stereocenters. The molecule has 2 rings (SSSR count). The summed E-state index contributed by atoms with van der Waals surface area (Å²) in [5.74, 6) is 1.76. The first-order valence-corrected chi connectivity index (χ1v) is 6.90. The Morgan fingerprint density at radius 2 is 2.00 bits per heavy atom. The van der Waals surface area contributed by atoms with Gasteiger partial charge in [0.05, 0.1) is 12.8 Å². The third kappa shape index (κ3) is 3.47. The number of methoxy groups -OCH3 is 1. The summed E-state index contributed by atoms with van der Waals surface area (Å²) in [5.41, 5.74) is 3.32. The molecule has 1 N–H and O–H groups in total. The second kappa shape index (κ2) is 6.06. The van der Waals surface area contributed by atoms with Crippen LogP contribution in [0.1, 0.15) is 16.8 Å². The molecule has 0 atom stereocenters.